The first-order chi connectivity index (χ1) is 8.50. The van der Waals surface area contributed by atoms with Gasteiger partial charge < -0.3 is 4.90 Å². The number of nitrogens with zero attached hydrogens (tertiary/aromatic N) is 3. The summed E-state index contributed by atoms with van der Waals surface area (Å²) in [6.07, 6.45) is 0. The highest BCUT2D eigenvalue weighted by atomic mass is 79.9. The largest absolute Gasteiger partial charge is 0.339 e. The monoisotopic (exact) mass is 309 g/mol. The van der Waals surface area contributed by atoms with Crippen LogP contribution in [0.4, 0.5) is 0 Å². The Balaban J connectivity index is 2.39. The summed E-state index contributed by atoms with van der Waals surface area (Å²) in [6, 6.07) is 7.77. The predicted molar refractivity (Wildman–Crippen MR) is 76.1 cm³/mol. The smallest absolute Gasteiger partial charge is 0.274 e. The van der Waals surface area contributed by atoms with Crippen molar-refractivity contribution in [1.29, 1.82) is 0 Å². The summed E-state index contributed by atoms with van der Waals surface area (Å²) in [4.78, 5) is 14.3. The molecule has 2 aromatic rings. The van der Waals surface area contributed by atoms with Crippen LogP contribution in [0.5, 0.6) is 0 Å². The fourth-order valence-electron chi connectivity index (χ4n) is 2.01. The average molecular weight is 310 g/mol. The van der Waals surface area contributed by atoms with Gasteiger partial charge in [0, 0.05) is 30.9 Å². The Bertz CT molecular complexity index is 577. The molecule has 96 valence electrons. The molecule has 18 heavy (non-hydrogen) atoms. The van der Waals surface area contributed by atoms with Crippen molar-refractivity contribution >= 4 is 32.7 Å². The van der Waals surface area contributed by atoms with Crippen LogP contribution in [0.15, 0.2) is 24.3 Å². The van der Waals surface area contributed by atoms with E-state index in [1.54, 1.807) is 16.6 Å². The van der Waals surface area contributed by atoms with Gasteiger partial charge in [0.15, 0.2) is 5.69 Å². The maximum Gasteiger partial charge on any atom is 0.274 e. The number of amides is 1. The van der Waals surface area contributed by atoms with E-state index in [9.17, 15) is 4.79 Å². The van der Waals surface area contributed by atoms with Gasteiger partial charge >= 0.3 is 0 Å². The summed E-state index contributed by atoms with van der Waals surface area (Å²) >= 11 is 3.45. The van der Waals surface area contributed by atoms with Crippen molar-refractivity contribution in [1.82, 2.24) is 14.7 Å². The number of halogens is 1. The van der Waals surface area contributed by atoms with Gasteiger partial charge in [-0.2, -0.15) is 5.10 Å². The van der Waals surface area contributed by atoms with Gasteiger partial charge in [0.05, 0.1) is 5.52 Å². The molecule has 4 nitrogen and oxygen atoms in total. The maximum absolute atomic E-state index is 12.3. The van der Waals surface area contributed by atoms with Gasteiger partial charge in [-0.25, -0.2) is 0 Å². The molecule has 0 saturated heterocycles. The Kier molecular flexibility index (Phi) is 3.71. The summed E-state index contributed by atoms with van der Waals surface area (Å²) in [5.74, 6) is -0.0434. The zero-order valence-electron chi connectivity index (χ0n) is 10.7. The van der Waals surface area contributed by atoms with Gasteiger partial charge in [0.1, 0.15) is 0 Å². The van der Waals surface area contributed by atoms with E-state index in [-0.39, 0.29) is 10.7 Å². The predicted octanol–water partition coefficient (Wildman–Crippen LogP) is 2.43. The SMILES string of the molecule is CC(Br)CN(C)C(=O)c1nn(C)c2ccccc12. The second kappa shape index (κ2) is 5.10. The fraction of sp³-hybridized carbons (Fsp3) is 0.385. The Hall–Kier alpha value is -1.36. The van der Waals surface area contributed by atoms with E-state index in [1.807, 2.05) is 38.2 Å². The van der Waals surface area contributed by atoms with Crippen LogP contribution in [0.3, 0.4) is 0 Å². The highest BCUT2D eigenvalue weighted by Gasteiger charge is 2.19. The molecule has 2 rings (SSSR count). The lowest BCUT2D eigenvalue weighted by molar-refractivity contribution is 0.0792. The van der Waals surface area contributed by atoms with Crippen molar-refractivity contribution in [2.45, 2.75) is 11.8 Å². The molecule has 0 radical (unpaired) electrons. The number of alkyl halides is 1. The zero-order chi connectivity index (χ0) is 13.3. The molecule has 5 heteroatoms. The lowest BCUT2D eigenvalue weighted by atomic mass is 10.2. The Morgan fingerprint density at radius 3 is 2.83 bits per heavy atom. The van der Waals surface area contributed by atoms with E-state index in [0.29, 0.717) is 12.2 Å². The first kappa shape index (κ1) is 13.1. The zero-order valence-corrected chi connectivity index (χ0v) is 12.3. The normalized spacial score (nSPS) is 12.7. The Labute approximate surface area is 115 Å². The van der Waals surface area contributed by atoms with Crippen LogP contribution in [0, 0.1) is 0 Å². The summed E-state index contributed by atoms with van der Waals surface area (Å²) in [5.41, 5.74) is 1.49. The molecule has 0 bridgehead atoms. The van der Waals surface area contributed by atoms with Crippen LogP contribution in [-0.2, 0) is 7.05 Å². The molecule has 1 amide bonds. The van der Waals surface area contributed by atoms with Crippen LogP contribution >= 0.6 is 15.9 Å². The third-order valence-corrected chi connectivity index (χ3v) is 3.12. The lowest BCUT2D eigenvalue weighted by Gasteiger charge is -2.17. The minimum Gasteiger partial charge on any atom is -0.339 e. The first-order valence-corrected chi connectivity index (χ1v) is 6.73. The number of benzene rings is 1. The molecule has 1 aromatic heterocycles. The standard InChI is InChI=1S/C13H16BrN3O/c1-9(14)8-16(2)13(18)12-10-6-4-5-7-11(10)17(3)15-12/h4-7,9H,8H2,1-3H3. The van der Waals surface area contributed by atoms with Gasteiger partial charge in [0.2, 0.25) is 0 Å². The number of para-hydroxylation sites is 1. The van der Waals surface area contributed by atoms with Crippen LogP contribution in [0.1, 0.15) is 17.4 Å². The third kappa shape index (κ3) is 2.41. The third-order valence-electron chi connectivity index (χ3n) is 2.83. The van der Waals surface area contributed by atoms with Crippen LogP contribution < -0.4 is 0 Å². The number of aromatic nitrogens is 2. The van der Waals surface area contributed by atoms with Gasteiger partial charge in [-0.05, 0) is 6.07 Å². The van der Waals surface area contributed by atoms with Crippen LogP contribution in [-0.4, -0.2) is 39.0 Å². The number of hydrogen-bond acceptors (Lipinski definition) is 2. The summed E-state index contributed by atoms with van der Waals surface area (Å²) < 4.78 is 1.74. The number of aryl methyl sites for hydroxylation is 1. The highest BCUT2D eigenvalue weighted by Crippen LogP contribution is 2.18. The highest BCUT2D eigenvalue weighted by molar-refractivity contribution is 9.09. The molecule has 1 atom stereocenters. The van der Waals surface area contributed by atoms with Crippen molar-refractivity contribution in [3.05, 3.63) is 30.0 Å². The number of carbonyl (C=O) groups excluding carboxylic acids is 1. The minimum atomic E-state index is -0.0434. The second-order valence-electron chi connectivity index (χ2n) is 4.46. The van der Waals surface area contributed by atoms with E-state index in [0.717, 1.165) is 10.9 Å². The number of hydrogen-bond donors (Lipinski definition) is 0. The van der Waals surface area contributed by atoms with E-state index in [4.69, 9.17) is 0 Å². The number of rotatable bonds is 3. The fourth-order valence-corrected chi connectivity index (χ4v) is 2.45. The van der Waals surface area contributed by atoms with Crippen LogP contribution in [0.2, 0.25) is 0 Å². The summed E-state index contributed by atoms with van der Waals surface area (Å²) in [7, 11) is 3.65. The molecule has 0 N–H and O–H groups in total. The van der Waals surface area contributed by atoms with Gasteiger partial charge in [-0.15, -0.1) is 0 Å². The molecule has 0 aliphatic rings. The average Bonchev–Trinajstić information content (AvgIpc) is 2.66. The molecule has 0 aliphatic heterocycles. The topological polar surface area (TPSA) is 38.1 Å². The molecule has 1 unspecified atom stereocenters. The van der Waals surface area contributed by atoms with Crippen LogP contribution in [0.25, 0.3) is 10.9 Å². The summed E-state index contributed by atoms with van der Waals surface area (Å²) in [6.45, 7) is 2.67. The van der Waals surface area contributed by atoms with E-state index < -0.39 is 0 Å². The molecular formula is C13H16BrN3O. The molecule has 0 fully saturated rings. The Morgan fingerprint density at radius 1 is 1.50 bits per heavy atom. The van der Waals surface area contributed by atoms with Gasteiger partial charge in [-0.3, -0.25) is 9.48 Å². The lowest BCUT2D eigenvalue weighted by Crippen LogP contribution is -2.31. The second-order valence-corrected chi connectivity index (χ2v) is 6.02. The maximum atomic E-state index is 12.3. The molecular weight excluding hydrogens is 294 g/mol. The molecule has 0 aliphatic carbocycles. The Morgan fingerprint density at radius 2 is 2.17 bits per heavy atom. The van der Waals surface area contributed by atoms with Crippen molar-refractivity contribution in [2.75, 3.05) is 13.6 Å². The number of fused-ring (bicyclic) bond motifs is 1. The number of carbonyl (C=O) groups is 1. The molecule has 1 heterocycles. The molecule has 0 spiro atoms. The van der Waals surface area contributed by atoms with Crippen molar-refractivity contribution in [3.8, 4) is 0 Å². The molecule has 1 aromatic carbocycles. The van der Waals surface area contributed by atoms with Crippen molar-refractivity contribution in [3.63, 3.8) is 0 Å². The first-order valence-electron chi connectivity index (χ1n) is 5.82. The van der Waals surface area contributed by atoms with E-state index in [2.05, 4.69) is 21.0 Å². The minimum absolute atomic E-state index is 0.0434. The van der Waals surface area contributed by atoms with E-state index >= 15 is 0 Å². The van der Waals surface area contributed by atoms with Crippen molar-refractivity contribution < 1.29 is 4.79 Å². The van der Waals surface area contributed by atoms with Gasteiger partial charge in [-0.1, -0.05) is 41.1 Å². The quantitative estimate of drug-likeness (QED) is 0.817. The van der Waals surface area contributed by atoms with Gasteiger partial charge in [0.25, 0.3) is 5.91 Å². The van der Waals surface area contributed by atoms with E-state index in [1.165, 1.54) is 0 Å². The molecule has 0 saturated carbocycles. The summed E-state index contributed by atoms with van der Waals surface area (Å²) in [5, 5.41) is 5.23. The van der Waals surface area contributed by atoms with Crippen molar-refractivity contribution in [2.24, 2.45) is 7.05 Å².